The van der Waals surface area contributed by atoms with Gasteiger partial charge in [0.05, 0.1) is 16.1 Å². The first-order chi connectivity index (χ1) is 13.7. The van der Waals surface area contributed by atoms with E-state index in [0.717, 1.165) is 23.3 Å². The minimum Gasteiger partial charge on any atom is -0.339 e. The molecule has 0 bridgehead atoms. The summed E-state index contributed by atoms with van der Waals surface area (Å²) in [6, 6.07) is 9.69. The van der Waals surface area contributed by atoms with E-state index in [1.165, 1.54) is 23.9 Å². The molecular weight excluding hydrogens is 428 g/mol. The number of carbonyl (C=O) groups is 1. The fourth-order valence-corrected chi connectivity index (χ4v) is 5.30. The predicted molar refractivity (Wildman–Crippen MR) is 120 cm³/mol. The number of carbonyl (C=O) groups excluding carboxylic acids is 1. The zero-order valence-electron chi connectivity index (χ0n) is 16.7. The highest BCUT2D eigenvalue weighted by atomic mass is 35.5. The topological polar surface area (TPSA) is 66.5 Å². The van der Waals surface area contributed by atoms with E-state index in [1.54, 1.807) is 31.2 Å². The minimum absolute atomic E-state index is 0.0679. The first-order valence-corrected chi connectivity index (χ1v) is 12.6. The third kappa shape index (κ3) is 5.08. The largest absolute Gasteiger partial charge is 0.339 e. The van der Waals surface area contributed by atoms with E-state index in [4.69, 9.17) is 11.6 Å². The summed E-state index contributed by atoms with van der Waals surface area (Å²) < 4.78 is 28.5. The van der Waals surface area contributed by atoms with E-state index >= 15 is 0 Å². The lowest BCUT2D eigenvalue weighted by Crippen LogP contribution is -2.38. The fraction of sp³-hybridized carbons (Fsp3) is 0.381. The molecule has 0 unspecified atom stereocenters. The van der Waals surface area contributed by atoms with Gasteiger partial charge in [0.15, 0.2) is 0 Å². The first-order valence-electron chi connectivity index (χ1n) is 9.47. The highest BCUT2D eigenvalue weighted by Crippen LogP contribution is 2.28. The molecule has 0 spiro atoms. The summed E-state index contributed by atoms with van der Waals surface area (Å²) in [5.41, 5.74) is 1.62. The van der Waals surface area contributed by atoms with Crippen LogP contribution < -0.4 is 4.72 Å². The Morgan fingerprint density at radius 2 is 1.86 bits per heavy atom. The van der Waals surface area contributed by atoms with Gasteiger partial charge in [0.2, 0.25) is 0 Å². The molecule has 0 atom stereocenters. The summed E-state index contributed by atoms with van der Waals surface area (Å²) >= 11 is 7.39. The normalized spacial score (nSPS) is 15.4. The van der Waals surface area contributed by atoms with Gasteiger partial charge in [-0.3, -0.25) is 9.52 Å². The van der Waals surface area contributed by atoms with Gasteiger partial charge in [0.1, 0.15) is 0 Å². The van der Waals surface area contributed by atoms with Crippen LogP contribution in [0.4, 0.5) is 5.69 Å². The Hall–Kier alpha value is -1.70. The standard InChI is InChI=1S/C21H25ClN2O3S2/c1-14-8-10-24(11-9-14)21(25)18-13-17(5-7-20(18)28-3)29(26,27)23-19-6-4-16(22)12-15(19)2/h4-7,12-14,23H,8-11H2,1-3H3. The molecular formula is C21H25ClN2O3S2. The number of piperidine rings is 1. The third-order valence-electron chi connectivity index (χ3n) is 5.22. The van der Waals surface area contributed by atoms with Crippen molar-refractivity contribution >= 4 is 45.0 Å². The number of rotatable bonds is 5. The van der Waals surface area contributed by atoms with Crippen LogP contribution in [0.15, 0.2) is 46.2 Å². The predicted octanol–water partition coefficient (Wildman–Crippen LogP) is 5.04. The maximum absolute atomic E-state index is 13.1. The van der Waals surface area contributed by atoms with Gasteiger partial charge in [-0.25, -0.2) is 8.42 Å². The van der Waals surface area contributed by atoms with E-state index < -0.39 is 10.0 Å². The molecule has 1 aliphatic rings. The number of halogens is 1. The Balaban J connectivity index is 1.91. The van der Waals surface area contributed by atoms with Gasteiger partial charge in [-0.2, -0.15) is 0 Å². The maximum Gasteiger partial charge on any atom is 0.261 e. The van der Waals surface area contributed by atoms with Crippen LogP contribution in [0.25, 0.3) is 0 Å². The number of benzene rings is 2. The van der Waals surface area contributed by atoms with Crippen molar-refractivity contribution in [2.24, 2.45) is 5.92 Å². The van der Waals surface area contributed by atoms with Crippen molar-refractivity contribution in [1.82, 2.24) is 4.90 Å². The molecule has 1 saturated heterocycles. The zero-order chi connectivity index (χ0) is 21.2. The number of nitrogens with one attached hydrogen (secondary N) is 1. The molecule has 29 heavy (non-hydrogen) atoms. The van der Waals surface area contributed by atoms with Crippen LogP contribution in [0, 0.1) is 12.8 Å². The molecule has 156 valence electrons. The minimum atomic E-state index is -3.84. The number of sulfonamides is 1. The van der Waals surface area contributed by atoms with Crippen LogP contribution in [0.3, 0.4) is 0 Å². The Labute approximate surface area is 181 Å². The second-order valence-corrected chi connectivity index (χ2v) is 10.4. The summed E-state index contributed by atoms with van der Waals surface area (Å²) in [6.07, 6.45) is 3.82. The van der Waals surface area contributed by atoms with Crippen molar-refractivity contribution in [3.05, 3.63) is 52.5 Å². The quantitative estimate of drug-likeness (QED) is 0.645. The van der Waals surface area contributed by atoms with Crippen molar-refractivity contribution in [3.8, 4) is 0 Å². The smallest absolute Gasteiger partial charge is 0.261 e. The van der Waals surface area contributed by atoms with Crippen LogP contribution >= 0.6 is 23.4 Å². The maximum atomic E-state index is 13.1. The summed E-state index contributed by atoms with van der Waals surface area (Å²) in [4.78, 5) is 15.8. The van der Waals surface area contributed by atoms with Crippen molar-refractivity contribution in [2.75, 3.05) is 24.1 Å². The number of likely N-dealkylation sites (tertiary alicyclic amines) is 1. The number of hydrogen-bond donors (Lipinski definition) is 1. The molecule has 1 amide bonds. The monoisotopic (exact) mass is 452 g/mol. The van der Waals surface area contributed by atoms with Gasteiger partial charge in [0.25, 0.3) is 15.9 Å². The van der Waals surface area contributed by atoms with Crippen LogP contribution in [-0.2, 0) is 10.0 Å². The van der Waals surface area contributed by atoms with E-state index in [1.807, 2.05) is 11.2 Å². The molecule has 0 aliphatic carbocycles. The van der Waals surface area contributed by atoms with Crippen LogP contribution in [0.1, 0.15) is 35.7 Å². The molecule has 8 heteroatoms. The first kappa shape index (κ1) is 22.0. The molecule has 1 fully saturated rings. The highest BCUT2D eigenvalue weighted by molar-refractivity contribution is 7.98. The average molecular weight is 453 g/mol. The van der Waals surface area contributed by atoms with Gasteiger partial charge in [-0.15, -0.1) is 11.8 Å². The molecule has 0 radical (unpaired) electrons. The van der Waals surface area contributed by atoms with Gasteiger partial charge < -0.3 is 4.90 Å². The summed E-state index contributed by atoms with van der Waals surface area (Å²) in [5.74, 6) is 0.499. The molecule has 1 heterocycles. The Morgan fingerprint density at radius 3 is 2.48 bits per heavy atom. The summed E-state index contributed by atoms with van der Waals surface area (Å²) in [7, 11) is -3.84. The Morgan fingerprint density at radius 1 is 1.17 bits per heavy atom. The lowest BCUT2D eigenvalue weighted by atomic mass is 9.98. The van der Waals surface area contributed by atoms with Crippen LogP contribution in [-0.4, -0.2) is 38.6 Å². The number of amides is 1. The fourth-order valence-electron chi connectivity index (χ4n) is 3.35. The number of anilines is 1. The number of aryl methyl sites for hydroxylation is 1. The van der Waals surface area contributed by atoms with E-state index in [-0.39, 0.29) is 10.8 Å². The van der Waals surface area contributed by atoms with E-state index in [9.17, 15) is 13.2 Å². The van der Waals surface area contributed by atoms with Crippen LogP contribution in [0.5, 0.6) is 0 Å². The summed E-state index contributed by atoms with van der Waals surface area (Å²) in [5, 5.41) is 0.540. The molecule has 2 aromatic carbocycles. The molecule has 1 N–H and O–H groups in total. The van der Waals surface area contributed by atoms with Gasteiger partial charge in [-0.1, -0.05) is 18.5 Å². The number of nitrogens with zero attached hydrogens (tertiary/aromatic N) is 1. The SMILES string of the molecule is CSc1ccc(S(=O)(=O)Nc2ccc(Cl)cc2C)cc1C(=O)N1CCC(C)CC1. The number of thioether (sulfide) groups is 1. The average Bonchev–Trinajstić information content (AvgIpc) is 2.69. The lowest BCUT2D eigenvalue weighted by Gasteiger charge is -2.30. The van der Waals surface area contributed by atoms with E-state index in [2.05, 4.69) is 11.6 Å². The van der Waals surface area contributed by atoms with Crippen molar-refractivity contribution in [2.45, 2.75) is 36.5 Å². The molecule has 5 nitrogen and oxygen atoms in total. The second-order valence-electron chi connectivity index (χ2n) is 7.40. The molecule has 2 aromatic rings. The van der Waals surface area contributed by atoms with Crippen LogP contribution in [0.2, 0.25) is 5.02 Å². The highest BCUT2D eigenvalue weighted by Gasteiger charge is 2.25. The number of hydrogen-bond acceptors (Lipinski definition) is 4. The molecule has 1 aliphatic heterocycles. The zero-order valence-corrected chi connectivity index (χ0v) is 19.1. The molecule has 0 saturated carbocycles. The summed E-state index contributed by atoms with van der Waals surface area (Å²) in [6.45, 7) is 5.37. The van der Waals surface area contributed by atoms with Gasteiger partial charge in [-0.05, 0) is 73.9 Å². The van der Waals surface area contributed by atoms with Gasteiger partial charge >= 0.3 is 0 Å². The molecule has 0 aromatic heterocycles. The molecule has 3 rings (SSSR count). The van der Waals surface area contributed by atoms with Crippen molar-refractivity contribution < 1.29 is 13.2 Å². The van der Waals surface area contributed by atoms with Gasteiger partial charge in [0, 0.05) is 23.0 Å². The third-order valence-corrected chi connectivity index (χ3v) is 7.61. The second kappa shape index (κ2) is 8.98. The van der Waals surface area contributed by atoms with Crippen molar-refractivity contribution in [3.63, 3.8) is 0 Å². The van der Waals surface area contributed by atoms with Crippen molar-refractivity contribution in [1.29, 1.82) is 0 Å². The van der Waals surface area contributed by atoms with E-state index in [0.29, 0.717) is 35.3 Å². The Kier molecular flexibility index (Phi) is 6.81. The Bertz CT molecular complexity index is 1020. The lowest BCUT2D eigenvalue weighted by molar-refractivity contribution is 0.0693.